The standard InChI is InChI=1S/C10H21N3O2.HI/c1-9(2)8-13-10(11)12-4-3-6-15-7-5-14;/h14H,1,3-8H2,2H3,(H3,11,12,13);1H. The molecule has 4 N–H and O–H groups in total. The van der Waals surface area contributed by atoms with Crippen LogP contribution in [-0.2, 0) is 4.74 Å². The van der Waals surface area contributed by atoms with Gasteiger partial charge in [0.2, 0.25) is 0 Å². The van der Waals surface area contributed by atoms with E-state index in [0.29, 0.717) is 25.7 Å². The second kappa shape index (κ2) is 12.7. The van der Waals surface area contributed by atoms with Crippen LogP contribution in [-0.4, -0.2) is 44.0 Å². The van der Waals surface area contributed by atoms with Gasteiger partial charge in [0.1, 0.15) is 0 Å². The van der Waals surface area contributed by atoms with E-state index < -0.39 is 0 Å². The number of aliphatic imine (C=N–C) groups is 1. The molecule has 0 aromatic carbocycles. The van der Waals surface area contributed by atoms with E-state index in [9.17, 15) is 0 Å². The third-order valence-corrected chi connectivity index (χ3v) is 1.53. The molecule has 5 nitrogen and oxygen atoms in total. The van der Waals surface area contributed by atoms with Crippen molar-refractivity contribution in [2.75, 3.05) is 32.9 Å². The van der Waals surface area contributed by atoms with Crippen molar-refractivity contribution in [3.8, 4) is 0 Å². The van der Waals surface area contributed by atoms with Gasteiger partial charge in [-0.3, -0.25) is 0 Å². The summed E-state index contributed by atoms with van der Waals surface area (Å²) in [5.74, 6) is 0.431. The first-order chi connectivity index (χ1) is 7.16. The number of guanidine groups is 1. The number of halogens is 1. The summed E-state index contributed by atoms with van der Waals surface area (Å²) in [6, 6.07) is 0. The predicted octanol–water partition coefficient (Wildman–Crippen LogP) is 0.484. The Bertz CT molecular complexity index is 210. The van der Waals surface area contributed by atoms with Crippen molar-refractivity contribution in [3.05, 3.63) is 12.2 Å². The van der Waals surface area contributed by atoms with E-state index in [1.807, 2.05) is 6.92 Å². The number of nitrogens with zero attached hydrogens (tertiary/aromatic N) is 1. The van der Waals surface area contributed by atoms with Gasteiger partial charge in [-0.15, -0.1) is 24.0 Å². The normalized spacial score (nSPS) is 10.8. The van der Waals surface area contributed by atoms with E-state index in [-0.39, 0.29) is 30.6 Å². The Balaban J connectivity index is 0. The van der Waals surface area contributed by atoms with E-state index in [1.165, 1.54) is 0 Å². The van der Waals surface area contributed by atoms with Crippen molar-refractivity contribution in [3.63, 3.8) is 0 Å². The summed E-state index contributed by atoms with van der Waals surface area (Å²) < 4.78 is 5.08. The lowest BCUT2D eigenvalue weighted by molar-refractivity contribution is 0.0912. The highest BCUT2D eigenvalue weighted by Gasteiger charge is 1.91. The SMILES string of the molecule is C=C(C)CN=C(N)NCCCOCCO.I. The molecule has 0 heterocycles. The molecule has 0 spiro atoms. The van der Waals surface area contributed by atoms with E-state index in [4.69, 9.17) is 15.6 Å². The lowest BCUT2D eigenvalue weighted by atomic mass is 10.4. The lowest BCUT2D eigenvalue weighted by Crippen LogP contribution is -2.33. The average molecular weight is 343 g/mol. The molecule has 0 unspecified atom stereocenters. The summed E-state index contributed by atoms with van der Waals surface area (Å²) in [7, 11) is 0. The molecule has 0 aromatic heterocycles. The lowest BCUT2D eigenvalue weighted by Gasteiger charge is -2.05. The van der Waals surface area contributed by atoms with Crippen LogP contribution in [0.15, 0.2) is 17.1 Å². The zero-order valence-corrected chi connectivity index (χ0v) is 12.1. The van der Waals surface area contributed by atoms with Gasteiger partial charge in [-0.2, -0.15) is 0 Å². The molecular weight excluding hydrogens is 321 g/mol. The summed E-state index contributed by atoms with van der Waals surface area (Å²) in [6.07, 6.45) is 0.837. The van der Waals surface area contributed by atoms with Gasteiger partial charge in [-0.1, -0.05) is 12.2 Å². The highest BCUT2D eigenvalue weighted by molar-refractivity contribution is 14.0. The minimum absolute atomic E-state index is 0. The number of aliphatic hydroxyl groups is 1. The summed E-state index contributed by atoms with van der Waals surface area (Å²) in [4.78, 5) is 4.06. The fourth-order valence-electron chi connectivity index (χ4n) is 0.833. The summed E-state index contributed by atoms with van der Waals surface area (Å²) in [5, 5.41) is 11.4. The topological polar surface area (TPSA) is 79.9 Å². The van der Waals surface area contributed by atoms with Gasteiger partial charge in [-0.25, -0.2) is 4.99 Å². The zero-order chi connectivity index (χ0) is 11.5. The van der Waals surface area contributed by atoms with Crippen LogP contribution in [0.2, 0.25) is 0 Å². The molecule has 0 amide bonds. The molecule has 0 rings (SSSR count). The van der Waals surface area contributed by atoms with Crippen LogP contribution in [0.3, 0.4) is 0 Å². The van der Waals surface area contributed by atoms with Crippen molar-refractivity contribution in [2.24, 2.45) is 10.7 Å². The molecule has 0 aliphatic carbocycles. The summed E-state index contributed by atoms with van der Waals surface area (Å²) in [5.41, 5.74) is 6.56. The maximum Gasteiger partial charge on any atom is 0.188 e. The number of hydrogen-bond acceptors (Lipinski definition) is 3. The van der Waals surface area contributed by atoms with Gasteiger partial charge in [0.15, 0.2) is 5.96 Å². The van der Waals surface area contributed by atoms with Crippen molar-refractivity contribution < 1.29 is 9.84 Å². The number of hydrogen-bond donors (Lipinski definition) is 3. The summed E-state index contributed by atoms with van der Waals surface area (Å²) in [6.45, 7) is 7.97. The molecule has 0 aromatic rings. The molecular formula is C10H22IN3O2. The first-order valence-corrected chi connectivity index (χ1v) is 5.03. The van der Waals surface area contributed by atoms with Crippen LogP contribution in [0.1, 0.15) is 13.3 Å². The van der Waals surface area contributed by atoms with E-state index in [2.05, 4.69) is 16.9 Å². The smallest absolute Gasteiger partial charge is 0.188 e. The van der Waals surface area contributed by atoms with Crippen molar-refractivity contribution in [1.29, 1.82) is 0 Å². The number of aliphatic hydroxyl groups excluding tert-OH is 1. The van der Waals surface area contributed by atoms with Crippen LogP contribution in [0.5, 0.6) is 0 Å². The van der Waals surface area contributed by atoms with Crippen LogP contribution in [0.4, 0.5) is 0 Å². The maximum atomic E-state index is 8.44. The Labute approximate surface area is 114 Å². The third-order valence-electron chi connectivity index (χ3n) is 1.53. The Morgan fingerprint density at radius 3 is 2.75 bits per heavy atom. The van der Waals surface area contributed by atoms with Gasteiger partial charge in [-0.05, 0) is 13.3 Å². The monoisotopic (exact) mass is 343 g/mol. The predicted molar refractivity (Wildman–Crippen MR) is 77.2 cm³/mol. The number of ether oxygens (including phenoxy) is 1. The fraction of sp³-hybridized carbons (Fsp3) is 0.700. The van der Waals surface area contributed by atoms with Crippen LogP contribution in [0, 0.1) is 0 Å². The van der Waals surface area contributed by atoms with Crippen molar-refractivity contribution >= 4 is 29.9 Å². The largest absolute Gasteiger partial charge is 0.394 e. The number of nitrogens with one attached hydrogen (secondary N) is 1. The molecule has 0 saturated heterocycles. The molecule has 0 bridgehead atoms. The molecule has 0 aliphatic rings. The second-order valence-electron chi connectivity index (χ2n) is 3.27. The maximum absolute atomic E-state index is 8.44. The Morgan fingerprint density at radius 2 is 2.19 bits per heavy atom. The van der Waals surface area contributed by atoms with Gasteiger partial charge >= 0.3 is 0 Å². The quantitative estimate of drug-likeness (QED) is 0.197. The molecule has 0 radical (unpaired) electrons. The van der Waals surface area contributed by atoms with E-state index in [0.717, 1.165) is 18.5 Å². The minimum Gasteiger partial charge on any atom is -0.394 e. The van der Waals surface area contributed by atoms with Crippen LogP contribution >= 0.6 is 24.0 Å². The molecule has 16 heavy (non-hydrogen) atoms. The average Bonchev–Trinajstić information content (AvgIpc) is 2.20. The number of rotatable bonds is 8. The fourth-order valence-corrected chi connectivity index (χ4v) is 0.833. The molecule has 0 fully saturated rings. The molecule has 0 saturated carbocycles. The third kappa shape index (κ3) is 13.7. The molecule has 96 valence electrons. The Morgan fingerprint density at radius 1 is 1.50 bits per heavy atom. The highest BCUT2D eigenvalue weighted by atomic mass is 127. The van der Waals surface area contributed by atoms with Gasteiger partial charge < -0.3 is 20.9 Å². The van der Waals surface area contributed by atoms with Gasteiger partial charge in [0.25, 0.3) is 0 Å². The Kier molecular flexibility index (Phi) is 14.3. The Hall–Kier alpha value is -0.340. The summed E-state index contributed by atoms with van der Waals surface area (Å²) >= 11 is 0. The molecule has 0 aliphatic heterocycles. The van der Waals surface area contributed by atoms with Gasteiger partial charge in [0, 0.05) is 13.2 Å². The second-order valence-corrected chi connectivity index (χ2v) is 3.27. The van der Waals surface area contributed by atoms with Crippen molar-refractivity contribution in [1.82, 2.24) is 5.32 Å². The highest BCUT2D eigenvalue weighted by Crippen LogP contribution is 1.86. The molecule has 6 heteroatoms. The minimum atomic E-state index is 0. The van der Waals surface area contributed by atoms with Crippen LogP contribution < -0.4 is 11.1 Å². The van der Waals surface area contributed by atoms with Crippen LogP contribution in [0.25, 0.3) is 0 Å². The van der Waals surface area contributed by atoms with Gasteiger partial charge in [0.05, 0.1) is 19.8 Å². The first kappa shape index (κ1) is 18.0. The van der Waals surface area contributed by atoms with Crippen molar-refractivity contribution in [2.45, 2.75) is 13.3 Å². The molecule has 0 atom stereocenters. The van der Waals surface area contributed by atoms with E-state index >= 15 is 0 Å². The zero-order valence-electron chi connectivity index (χ0n) is 9.74. The number of nitrogens with two attached hydrogens (primary N) is 1. The van der Waals surface area contributed by atoms with E-state index in [1.54, 1.807) is 0 Å². The first-order valence-electron chi connectivity index (χ1n) is 5.03.